The van der Waals surface area contributed by atoms with E-state index in [2.05, 4.69) is 17.1 Å². The number of benzene rings is 2. The smallest absolute Gasteiger partial charge is 0.336 e. The van der Waals surface area contributed by atoms with Gasteiger partial charge in [-0.15, -0.1) is 0 Å². The first-order valence-electron chi connectivity index (χ1n) is 10.3. The van der Waals surface area contributed by atoms with Crippen molar-refractivity contribution in [3.05, 3.63) is 72.3 Å². The van der Waals surface area contributed by atoms with E-state index in [9.17, 15) is 19.5 Å². The van der Waals surface area contributed by atoms with Crippen LogP contribution in [0.4, 0.5) is 5.69 Å². The number of hydrogen-bond acceptors (Lipinski definition) is 4. The Morgan fingerprint density at radius 3 is 2.35 bits per heavy atom. The molecule has 6 heteroatoms. The third-order valence-electron chi connectivity index (χ3n) is 6.82. The maximum atomic E-state index is 13.1. The van der Waals surface area contributed by atoms with E-state index in [4.69, 9.17) is 0 Å². The number of fused-ring (bicyclic) bond motifs is 6. The van der Waals surface area contributed by atoms with E-state index in [1.54, 1.807) is 36.4 Å². The number of amides is 2. The molecular formula is C25H18N2O4. The fourth-order valence-electron chi connectivity index (χ4n) is 5.46. The van der Waals surface area contributed by atoms with E-state index >= 15 is 0 Å². The molecule has 2 aliphatic carbocycles. The average molecular weight is 410 g/mol. The molecule has 3 aliphatic rings. The molecule has 2 bridgehead atoms. The Balaban J connectivity index is 1.43. The lowest BCUT2D eigenvalue weighted by molar-refractivity contribution is -0.123. The number of allylic oxidation sites excluding steroid dienone is 2. The number of nitrogens with zero attached hydrogens (tertiary/aromatic N) is 2. The summed E-state index contributed by atoms with van der Waals surface area (Å²) in [7, 11) is 0. The van der Waals surface area contributed by atoms with Crippen LogP contribution in [0.15, 0.2) is 66.7 Å². The number of imide groups is 1. The van der Waals surface area contributed by atoms with Gasteiger partial charge in [0, 0.05) is 10.9 Å². The molecule has 2 aromatic carbocycles. The number of rotatable bonds is 3. The molecule has 1 saturated heterocycles. The number of carboxylic acid groups (broad SMARTS) is 1. The minimum Gasteiger partial charge on any atom is -0.478 e. The molecule has 1 aromatic heterocycles. The summed E-state index contributed by atoms with van der Waals surface area (Å²) in [6.07, 6.45) is 5.03. The van der Waals surface area contributed by atoms with Crippen molar-refractivity contribution in [1.82, 2.24) is 4.98 Å². The van der Waals surface area contributed by atoms with Crippen LogP contribution in [0.3, 0.4) is 0 Å². The molecule has 3 aromatic rings. The predicted molar refractivity (Wildman–Crippen MR) is 114 cm³/mol. The molecule has 1 aliphatic heterocycles. The van der Waals surface area contributed by atoms with Gasteiger partial charge in [-0.05, 0) is 42.5 Å². The third-order valence-corrected chi connectivity index (χ3v) is 6.82. The number of hydrogen-bond donors (Lipinski definition) is 1. The highest BCUT2D eigenvalue weighted by Crippen LogP contribution is 2.53. The molecule has 0 unspecified atom stereocenters. The summed E-state index contributed by atoms with van der Waals surface area (Å²) < 4.78 is 0. The van der Waals surface area contributed by atoms with E-state index in [1.807, 2.05) is 12.1 Å². The Bertz CT molecular complexity index is 1300. The maximum Gasteiger partial charge on any atom is 0.336 e. The monoisotopic (exact) mass is 410 g/mol. The third kappa shape index (κ3) is 2.51. The van der Waals surface area contributed by atoms with Crippen molar-refractivity contribution in [3.8, 4) is 11.3 Å². The second-order valence-corrected chi connectivity index (χ2v) is 8.44. The van der Waals surface area contributed by atoms with Crippen molar-refractivity contribution in [2.75, 3.05) is 4.90 Å². The number of carboxylic acids is 1. The van der Waals surface area contributed by atoms with Gasteiger partial charge < -0.3 is 5.11 Å². The Morgan fingerprint density at radius 1 is 0.935 bits per heavy atom. The molecule has 1 N–H and O–H groups in total. The molecule has 2 heterocycles. The SMILES string of the molecule is O=C(O)c1cc(-c2cccc(N3C(=O)[C@@H]4[C@@H](C3=O)[C@@H]3C=C[C@@H]4C3)c2)nc2ccccc12. The second-order valence-electron chi connectivity index (χ2n) is 8.44. The lowest BCUT2D eigenvalue weighted by atomic mass is 9.85. The van der Waals surface area contributed by atoms with Crippen LogP contribution in [0.5, 0.6) is 0 Å². The second kappa shape index (κ2) is 6.35. The number of aromatic carboxylic acids is 1. The van der Waals surface area contributed by atoms with Crippen LogP contribution in [0.2, 0.25) is 0 Å². The molecule has 0 spiro atoms. The summed E-state index contributed by atoms with van der Waals surface area (Å²) in [5, 5.41) is 10.2. The van der Waals surface area contributed by atoms with Gasteiger partial charge in [0.1, 0.15) is 0 Å². The number of carbonyl (C=O) groups is 3. The van der Waals surface area contributed by atoms with Crippen LogP contribution in [0.1, 0.15) is 16.8 Å². The fourth-order valence-corrected chi connectivity index (χ4v) is 5.46. The lowest BCUT2D eigenvalue weighted by Gasteiger charge is -2.18. The van der Waals surface area contributed by atoms with E-state index < -0.39 is 5.97 Å². The van der Waals surface area contributed by atoms with Gasteiger partial charge >= 0.3 is 5.97 Å². The van der Waals surface area contributed by atoms with Crippen molar-refractivity contribution in [2.24, 2.45) is 23.7 Å². The van der Waals surface area contributed by atoms with Crippen LogP contribution in [0.25, 0.3) is 22.2 Å². The van der Waals surface area contributed by atoms with Crippen LogP contribution in [-0.4, -0.2) is 27.9 Å². The molecule has 6 nitrogen and oxygen atoms in total. The Hall–Kier alpha value is -3.80. The molecule has 2 amide bonds. The highest BCUT2D eigenvalue weighted by molar-refractivity contribution is 6.23. The van der Waals surface area contributed by atoms with Gasteiger partial charge in [-0.1, -0.05) is 42.5 Å². The molecule has 0 radical (unpaired) electrons. The Labute approximate surface area is 177 Å². The molecule has 2 fully saturated rings. The Morgan fingerprint density at radius 2 is 1.65 bits per heavy atom. The first kappa shape index (κ1) is 18.0. The first-order valence-corrected chi connectivity index (χ1v) is 10.3. The molecule has 6 rings (SSSR count). The highest BCUT2D eigenvalue weighted by Gasteiger charge is 2.59. The van der Waals surface area contributed by atoms with Gasteiger partial charge in [0.05, 0.1) is 34.3 Å². The zero-order chi connectivity index (χ0) is 21.3. The number of carbonyl (C=O) groups excluding carboxylic acids is 2. The van der Waals surface area contributed by atoms with Gasteiger partial charge in [-0.3, -0.25) is 9.59 Å². The predicted octanol–water partition coefficient (Wildman–Crippen LogP) is 3.91. The summed E-state index contributed by atoms with van der Waals surface area (Å²) in [6.45, 7) is 0. The van der Waals surface area contributed by atoms with E-state index in [1.165, 1.54) is 11.0 Å². The number of para-hydroxylation sites is 1. The zero-order valence-electron chi connectivity index (χ0n) is 16.4. The highest BCUT2D eigenvalue weighted by atomic mass is 16.4. The summed E-state index contributed by atoms with van der Waals surface area (Å²) in [4.78, 5) is 44.0. The van der Waals surface area contributed by atoms with Crippen molar-refractivity contribution in [2.45, 2.75) is 6.42 Å². The molecule has 152 valence electrons. The number of aromatic nitrogens is 1. The van der Waals surface area contributed by atoms with Crippen molar-refractivity contribution in [3.63, 3.8) is 0 Å². The lowest BCUT2D eigenvalue weighted by Crippen LogP contribution is -2.32. The van der Waals surface area contributed by atoms with Gasteiger partial charge in [0.25, 0.3) is 0 Å². The van der Waals surface area contributed by atoms with Crippen molar-refractivity contribution >= 4 is 34.4 Å². The molecule has 4 atom stereocenters. The van der Waals surface area contributed by atoms with E-state index in [0.717, 1.165) is 6.42 Å². The number of pyridine rings is 1. The van der Waals surface area contributed by atoms with Crippen LogP contribution >= 0.6 is 0 Å². The minimum absolute atomic E-state index is 0.137. The Kier molecular flexibility index (Phi) is 3.69. The van der Waals surface area contributed by atoms with E-state index in [0.29, 0.717) is 27.8 Å². The van der Waals surface area contributed by atoms with Gasteiger partial charge in [-0.2, -0.15) is 0 Å². The van der Waals surface area contributed by atoms with Crippen molar-refractivity contribution in [1.29, 1.82) is 0 Å². The van der Waals surface area contributed by atoms with Crippen LogP contribution < -0.4 is 4.90 Å². The van der Waals surface area contributed by atoms with Gasteiger partial charge in [-0.25, -0.2) is 14.7 Å². The topological polar surface area (TPSA) is 87.6 Å². The average Bonchev–Trinajstić information content (AvgIpc) is 3.46. The van der Waals surface area contributed by atoms with Crippen LogP contribution in [0, 0.1) is 23.7 Å². The quantitative estimate of drug-likeness (QED) is 0.522. The van der Waals surface area contributed by atoms with Crippen molar-refractivity contribution < 1.29 is 19.5 Å². The standard InChI is InChI=1S/C25H18N2O4/c28-23-21-14-8-9-15(10-14)22(21)24(29)27(23)16-5-3-4-13(11-16)20-12-18(25(30)31)17-6-1-2-7-19(17)26-20/h1-9,11-12,14-15,21-22H,10H2,(H,30,31)/t14-,15-,21+,22+/m1/s1. The van der Waals surface area contributed by atoms with Crippen LogP contribution in [-0.2, 0) is 9.59 Å². The summed E-state index contributed by atoms with van der Waals surface area (Å²) in [6, 6.07) is 15.7. The molecule has 1 saturated carbocycles. The summed E-state index contributed by atoms with van der Waals surface area (Å²) in [5.41, 5.74) is 2.39. The zero-order valence-corrected chi connectivity index (χ0v) is 16.4. The fraction of sp³-hybridized carbons (Fsp3) is 0.200. The normalized spacial score (nSPS) is 26.1. The summed E-state index contributed by atoms with van der Waals surface area (Å²) >= 11 is 0. The van der Waals surface area contributed by atoms with E-state index in [-0.39, 0.29) is 41.0 Å². The molecule has 31 heavy (non-hydrogen) atoms. The van der Waals surface area contributed by atoms with Gasteiger partial charge in [0.15, 0.2) is 0 Å². The largest absolute Gasteiger partial charge is 0.478 e. The van der Waals surface area contributed by atoms with Gasteiger partial charge in [0.2, 0.25) is 11.8 Å². The number of anilines is 1. The summed E-state index contributed by atoms with van der Waals surface area (Å²) in [5.74, 6) is -1.52. The molecular weight excluding hydrogens is 392 g/mol. The maximum absolute atomic E-state index is 13.1. The first-order chi connectivity index (χ1) is 15.0. The minimum atomic E-state index is -1.03.